The molecule has 1 unspecified atom stereocenters. The van der Waals surface area contributed by atoms with E-state index < -0.39 is 0 Å². The van der Waals surface area contributed by atoms with Crippen LogP contribution in [-0.4, -0.2) is 26.0 Å². The Morgan fingerprint density at radius 2 is 2.33 bits per heavy atom. The summed E-state index contributed by atoms with van der Waals surface area (Å²) in [6.45, 7) is 0. The highest BCUT2D eigenvalue weighted by atomic mass is 32.2. The number of rotatable bonds is 3. The smallest absolute Gasteiger partial charge is 0.206 e. The van der Waals surface area contributed by atoms with E-state index in [1.54, 1.807) is 6.26 Å². The van der Waals surface area contributed by atoms with Crippen LogP contribution < -0.4 is 0 Å². The summed E-state index contributed by atoms with van der Waals surface area (Å²) in [6, 6.07) is 7.82. The molecule has 0 bridgehead atoms. The number of hydrogen-bond acceptors (Lipinski definition) is 4. The minimum Gasteiger partial charge on any atom is -0.448 e. The molecule has 0 spiro atoms. The third kappa shape index (κ3) is 2.46. The molecule has 3 aromatic rings. The van der Waals surface area contributed by atoms with Gasteiger partial charge in [0.25, 0.3) is 0 Å². The molecule has 0 amide bonds. The molecule has 3 aromatic heterocycles. The number of aromatic nitrogens is 3. The molecule has 0 aromatic carbocycles. The number of hydrogen-bond donors (Lipinski definition) is 0. The Labute approximate surface area is 127 Å². The van der Waals surface area contributed by atoms with Crippen LogP contribution in [-0.2, 0) is 6.42 Å². The molecule has 1 aliphatic rings. The van der Waals surface area contributed by atoms with Gasteiger partial charge >= 0.3 is 0 Å². The summed E-state index contributed by atoms with van der Waals surface area (Å²) >= 11 is 2.06. The first kappa shape index (κ1) is 13.0. The van der Waals surface area contributed by atoms with E-state index >= 15 is 0 Å². The first-order valence-corrected chi connectivity index (χ1v) is 8.51. The van der Waals surface area contributed by atoms with E-state index in [1.807, 2.05) is 30.5 Å². The summed E-state index contributed by atoms with van der Waals surface area (Å²) < 4.78 is 7.66. The lowest BCUT2D eigenvalue weighted by molar-refractivity contribution is 0.491. The molecule has 1 saturated heterocycles. The van der Waals surface area contributed by atoms with Gasteiger partial charge in [-0.25, -0.2) is 14.5 Å². The predicted molar refractivity (Wildman–Crippen MR) is 84.9 cm³/mol. The van der Waals surface area contributed by atoms with Crippen molar-refractivity contribution in [2.24, 2.45) is 5.92 Å². The Kier molecular flexibility index (Phi) is 3.43. The molecule has 4 nitrogen and oxygen atoms in total. The molecule has 4 rings (SSSR count). The molecule has 108 valence electrons. The van der Waals surface area contributed by atoms with Crippen molar-refractivity contribution in [1.82, 2.24) is 14.5 Å². The van der Waals surface area contributed by atoms with Gasteiger partial charge in [0, 0.05) is 18.7 Å². The van der Waals surface area contributed by atoms with E-state index in [4.69, 9.17) is 9.40 Å². The average Bonchev–Trinajstić information content (AvgIpc) is 3.14. The Hall–Kier alpha value is -1.75. The first-order chi connectivity index (χ1) is 10.4. The highest BCUT2D eigenvalue weighted by Gasteiger charge is 2.20. The summed E-state index contributed by atoms with van der Waals surface area (Å²) in [6.07, 6.45) is 7.11. The lowest BCUT2D eigenvalue weighted by Crippen LogP contribution is -2.15. The highest BCUT2D eigenvalue weighted by Crippen LogP contribution is 2.28. The monoisotopic (exact) mass is 299 g/mol. The molecule has 0 N–H and O–H groups in total. The Bertz CT molecular complexity index is 729. The molecular weight excluding hydrogens is 282 g/mol. The lowest BCUT2D eigenvalue weighted by Gasteiger charge is -2.20. The number of nitrogens with zero attached hydrogens (tertiary/aromatic N) is 3. The average molecular weight is 299 g/mol. The van der Waals surface area contributed by atoms with Gasteiger partial charge in [-0.2, -0.15) is 11.8 Å². The van der Waals surface area contributed by atoms with Crippen molar-refractivity contribution in [1.29, 1.82) is 0 Å². The number of imidazole rings is 1. The predicted octanol–water partition coefficient (Wildman–Crippen LogP) is 3.70. The zero-order chi connectivity index (χ0) is 14.1. The maximum Gasteiger partial charge on any atom is 0.206 e. The normalized spacial score (nSPS) is 19.1. The van der Waals surface area contributed by atoms with Crippen LogP contribution in [0.4, 0.5) is 0 Å². The highest BCUT2D eigenvalue weighted by molar-refractivity contribution is 7.99. The summed E-state index contributed by atoms with van der Waals surface area (Å²) in [7, 11) is 0. The fourth-order valence-corrected chi connectivity index (χ4v) is 4.11. The number of pyridine rings is 1. The summed E-state index contributed by atoms with van der Waals surface area (Å²) in [5.41, 5.74) is 1.82. The molecule has 0 saturated carbocycles. The van der Waals surface area contributed by atoms with Crippen LogP contribution in [0.2, 0.25) is 0 Å². The molecule has 0 radical (unpaired) electrons. The SMILES string of the molecule is c1coc(-n2c(CC3CCCSC3)nc3cccnc32)c1. The van der Waals surface area contributed by atoms with Crippen LogP contribution in [0.3, 0.4) is 0 Å². The minimum absolute atomic E-state index is 0.703. The summed E-state index contributed by atoms with van der Waals surface area (Å²) in [5.74, 6) is 5.09. The largest absolute Gasteiger partial charge is 0.448 e. The van der Waals surface area contributed by atoms with Crippen molar-refractivity contribution in [2.45, 2.75) is 19.3 Å². The van der Waals surface area contributed by atoms with Gasteiger partial charge in [0.05, 0.1) is 6.26 Å². The second kappa shape index (κ2) is 5.56. The van der Waals surface area contributed by atoms with Gasteiger partial charge < -0.3 is 4.42 Å². The minimum atomic E-state index is 0.703. The zero-order valence-electron chi connectivity index (χ0n) is 11.7. The maximum absolute atomic E-state index is 5.59. The topological polar surface area (TPSA) is 43.9 Å². The second-order valence-electron chi connectivity index (χ2n) is 5.45. The molecular formula is C16H17N3OS. The Morgan fingerprint density at radius 3 is 3.14 bits per heavy atom. The fourth-order valence-electron chi connectivity index (χ4n) is 2.95. The quantitative estimate of drug-likeness (QED) is 0.739. The Balaban J connectivity index is 1.78. The van der Waals surface area contributed by atoms with Crippen LogP contribution in [0.25, 0.3) is 17.0 Å². The van der Waals surface area contributed by atoms with Crippen molar-refractivity contribution >= 4 is 22.9 Å². The van der Waals surface area contributed by atoms with E-state index in [1.165, 1.54) is 24.3 Å². The molecule has 5 heteroatoms. The van der Waals surface area contributed by atoms with E-state index in [9.17, 15) is 0 Å². The van der Waals surface area contributed by atoms with Crippen LogP contribution in [0, 0.1) is 5.92 Å². The van der Waals surface area contributed by atoms with Gasteiger partial charge in [-0.1, -0.05) is 0 Å². The van der Waals surface area contributed by atoms with E-state index in [2.05, 4.69) is 21.3 Å². The van der Waals surface area contributed by atoms with Gasteiger partial charge in [0.2, 0.25) is 5.88 Å². The zero-order valence-corrected chi connectivity index (χ0v) is 12.6. The van der Waals surface area contributed by atoms with Crippen molar-refractivity contribution in [3.8, 4) is 5.88 Å². The fraction of sp³-hybridized carbons (Fsp3) is 0.375. The molecule has 1 aliphatic heterocycles. The van der Waals surface area contributed by atoms with Crippen LogP contribution in [0.15, 0.2) is 41.1 Å². The second-order valence-corrected chi connectivity index (χ2v) is 6.60. The van der Waals surface area contributed by atoms with Gasteiger partial charge in [-0.3, -0.25) is 0 Å². The molecule has 21 heavy (non-hydrogen) atoms. The van der Waals surface area contributed by atoms with Crippen LogP contribution >= 0.6 is 11.8 Å². The summed E-state index contributed by atoms with van der Waals surface area (Å²) in [5, 5.41) is 0. The maximum atomic E-state index is 5.59. The van der Waals surface area contributed by atoms with Crippen molar-refractivity contribution in [3.05, 3.63) is 42.5 Å². The molecule has 4 heterocycles. The Morgan fingerprint density at radius 1 is 1.33 bits per heavy atom. The van der Waals surface area contributed by atoms with Gasteiger partial charge in [-0.15, -0.1) is 0 Å². The van der Waals surface area contributed by atoms with Crippen LogP contribution in [0.5, 0.6) is 0 Å². The van der Waals surface area contributed by atoms with Gasteiger partial charge in [0.15, 0.2) is 5.65 Å². The molecule has 0 aliphatic carbocycles. The number of thioether (sulfide) groups is 1. The third-order valence-electron chi connectivity index (χ3n) is 3.94. The van der Waals surface area contributed by atoms with Gasteiger partial charge in [-0.05, 0) is 48.5 Å². The molecule has 1 atom stereocenters. The number of fused-ring (bicyclic) bond motifs is 1. The number of furan rings is 1. The third-order valence-corrected chi connectivity index (χ3v) is 5.22. The summed E-state index contributed by atoms with van der Waals surface area (Å²) in [4.78, 5) is 9.28. The first-order valence-electron chi connectivity index (χ1n) is 7.36. The van der Waals surface area contributed by atoms with Crippen LogP contribution in [0.1, 0.15) is 18.7 Å². The van der Waals surface area contributed by atoms with Crippen molar-refractivity contribution < 1.29 is 4.42 Å². The molecule has 1 fully saturated rings. The van der Waals surface area contributed by atoms with Gasteiger partial charge in [0.1, 0.15) is 11.3 Å². The van der Waals surface area contributed by atoms with Crippen molar-refractivity contribution in [2.75, 3.05) is 11.5 Å². The lowest BCUT2D eigenvalue weighted by atomic mass is 10.0. The van der Waals surface area contributed by atoms with E-state index in [0.29, 0.717) is 5.92 Å². The van der Waals surface area contributed by atoms with E-state index in [-0.39, 0.29) is 0 Å². The van der Waals surface area contributed by atoms with Crippen molar-refractivity contribution in [3.63, 3.8) is 0 Å². The van der Waals surface area contributed by atoms with E-state index in [0.717, 1.165) is 29.3 Å². The standard InChI is InChI=1S/C16H17N3OS/c1-5-13-16(17-7-1)19(15-6-2-8-20-15)14(18-13)10-12-4-3-9-21-11-12/h1-2,5-8,12H,3-4,9-11H2.